The summed E-state index contributed by atoms with van der Waals surface area (Å²) in [4.78, 5) is 5.41. The van der Waals surface area contributed by atoms with E-state index in [0.717, 1.165) is 5.52 Å². The second-order valence-electron chi connectivity index (χ2n) is 2.78. The molecule has 1 aromatic carbocycles. The Morgan fingerprint density at radius 2 is 2.15 bits per heavy atom. The maximum absolute atomic E-state index is 5.41. The number of fused-ring (bicyclic) bond motifs is 1. The Balaban J connectivity index is 2.40. The van der Waals surface area contributed by atoms with Gasteiger partial charge in [-0.3, -0.25) is 0 Å². The molecule has 2 nitrogen and oxygen atoms in total. The van der Waals surface area contributed by atoms with E-state index in [1.807, 2.05) is 30.5 Å². The lowest BCUT2D eigenvalue weighted by atomic mass is 10.3. The zero-order valence-corrected chi connectivity index (χ0v) is 7.31. The predicted molar refractivity (Wildman–Crippen MR) is 53.6 cm³/mol. The quantitative estimate of drug-likeness (QED) is 0.649. The zero-order chi connectivity index (χ0) is 9.10. The highest BCUT2D eigenvalue weighted by Gasteiger charge is 1.97. The summed E-state index contributed by atoms with van der Waals surface area (Å²) in [6, 6.07) is 10.1. The number of hydrogen-bond donors (Lipinski definition) is 0. The fraction of sp³-hybridized carbons (Fsp3) is 0.0909. The number of hydrogen-bond acceptors (Lipinski definition) is 1. The van der Waals surface area contributed by atoms with E-state index in [0.29, 0.717) is 6.61 Å². The molecule has 0 aliphatic carbocycles. The van der Waals surface area contributed by atoms with Crippen molar-refractivity contribution in [3.63, 3.8) is 0 Å². The van der Waals surface area contributed by atoms with Gasteiger partial charge in [0.05, 0.1) is 5.52 Å². The molecule has 2 rings (SSSR count). The maximum Gasteiger partial charge on any atom is 0.133 e. The molecule has 0 bridgehead atoms. The van der Waals surface area contributed by atoms with E-state index in [4.69, 9.17) is 4.84 Å². The van der Waals surface area contributed by atoms with E-state index in [2.05, 4.69) is 12.6 Å². The van der Waals surface area contributed by atoms with Crippen molar-refractivity contribution in [3.05, 3.63) is 49.2 Å². The minimum Gasteiger partial charge on any atom is -0.410 e. The molecule has 2 heteroatoms. The average molecular weight is 173 g/mol. The number of nitrogens with zero attached hydrogens (tertiary/aromatic N) is 1. The van der Waals surface area contributed by atoms with Gasteiger partial charge in [0.15, 0.2) is 0 Å². The Hall–Kier alpha value is -1.70. The Morgan fingerprint density at radius 1 is 1.31 bits per heavy atom. The van der Waals surface area contributed by atoms with Crippen molar-refractivity contribution >= 4 is 10.9 Å². The summed E-state index contributed by atoms with van der Waals surface area (Å²) in [5.41, 5.74) is 1.09. The molecule has 0 spiro atoms. The van der Waals surface area contributed by atoms with Crippen LogP contribution in [0.3, 0.4) is 0 Å². The number of benzene rings is 1. The van der Waals surface area contributed by atoms with Gasteiger partial charge in [0.2, 0.25) is 0 Å². The van der Waals surface area contributed by atoms with E-state index < -0.39 is 0 Å². The van der Waals surface area contributed by atoms with Crippen LogP contribution in [0.5, 0.6) is 0 Å². The van der Waals surface area contributed by atoms with Gasteiger partial charge in [0, 0.05) is 11.6 Å². The van der Waals surface area contributed by atoms with E-state index >= 15 is 0 Å². The Morgan fingerprint density at radius 3 is 3.00 bits per heavy atom. The smallest absolute Gasteiger partial charge is 0.133 e. The first-order valence-electron chi connectivity index (χ1n) is 4.22. The van der Waals surface area contributed by atoms with Gasteiger partial charge in [-0.15, -0.1) is 0 Å². The van der Waals surface area contributed by atoms with Crippen LogP contribution >= 0.6 is 0 Å². The van der Waals surface area contributed by atoms with Crippen molar-refractivity contribution in [2.45, 2.75) is 0 Å². The van der Waals surface area contributed by atoms with Crippen molar-refractivity contribution in [3.8, 4) is 0 Å². The fourth-order valence-electron chi connectivity index (χ4n) is 1.30. The van der Waals surface area contributed by atoms with Crippen LogP contribution in [-0.2, 0) is 0 Å². The molecule has 0 amide bonds. The summed E-state index contributed by atoms with van der Waals surface area (Å²) in [5.74, 6) is 0. The zero-order valence-electron chi connectivity index (χ0n) is 7.31. The molecule has 0 unspecified atom stereocenters. The van der Waals surface area contributed by atoms with Crippen LogP contribution < -0.4 is 4.84 Å². The Labute approximate surface area is 77.0 Å². The van der Waals surface area contributed by atoms with E-state index in [1.165, 1.54) is 5.39 Å². The minimum absolute atomic E-state index is 0.526. The van der Waals surface area contributed by atoms with E-state index in [9.17, 15) is 0 Å². The normalized spacial score (nSPS) is 10.2. The summed E-state index contributed by atoms with van der Waals surface area (Å²) in [6.45, 7) is 4.13. The van der Waals surface area contributed by atoms with E-state index in [-0.39, 0.29) is 0 Å². The van der Waals surface area contributed by atoms with Crippen molar-refractivity contribution in [1.82, 2.24) is 4.73 Å². The third-order valence-corrected chi connectivity index (χ3v) is 1.90. The molecule has 0 saturated heterocycles. The summed E-state index contributed by atoms with van der Waals surface area (Å²) < 4.78 is 1.76. The summed E-state index contributed by atoms with van der Waals surface area (Å²) in [6.07, 6.45) is 3.64. The maximum atomic E-state index is 5.41. The predicted octanol–water partition coefficient (Wildman–Crippen LogP) is 2.26. The third-order valence-electron chi connectivity index (χ3n) is 1.90. The molecule has 66 valence electrons. The van der Waals surface area contributed by atoms with Gasteiger partial charge in [-0.2, -0.15) is 4.73 Å². The van der Waals surface area contributed by atoms with E-state index in [1.54, 1.807) is 10.8 Å². The molecule has 0 saturated carbocycles. The number of rotatable bonds is 3. The molecule has 0 aliphatic heterocycles. The topological polar surface area (TPSA) is 14.2 Å². The Bertz CT molecular complexity index is 417. The lowest BCUT2D eigenvalue weighted by molar-refractivity contribution is 0.146. The molecule has 13 heavy (non-hydrogen) atoms. The number of aromatic nitrogens is 1. The Kier molecular flexibility index (Phi) is 2.04. The van der Waals surface area contributed by atoms with Crippen LogP contribution in [0, 0.1) is 0 Å². The molecule has 0 aliphatic rings. The minimum atomic E-state index is 0.526. The van der Waals surface area contributed by atoms with Crippen LogP contribution in [-0.4, -0.2) is 11.3 Å². The van der Waals surface area contributed by atoms with Gasteiger partial charge < -0.3 is 4.84 Å². The third kappa shape index (κ3) is 1.43. The van der Waals surface area contributed by atoms with Gasteiger partial charge in [0.1, 0.15) is 6.61 Å². The molecule has 1 aromatic heterocycles. The second kappa shape index (κ2) is 3.35. The van der Waals surface area contributed by atoms with Crippen LogP contribution in [0.25, 0.3) is 10.9 Å². The van der Waals surface area contributed by atoms with Crippen LogP contribution in [0.2, 0.25) is 0 Å². The van der Waals surface area contributed by atoms with Crippen molar-refractivity contribution in [2.75, 3.05) is 6.61 Å². The molecule has 0 radical (unpaired) electrons. The van der Waals surface area contributed by atoms with Crippen LogP contribution in [0.1, 0.15) is 0 Å². The monoisotopic (exact) mass is 173 g/mol. The summed E-state index contributed by atoms with van der Waals surface area (Å²) in [5, 5.41) is 1.19. The molecule has 2 aromatic rings. The highest BCUT2D eigenvalue weighted by atomic mass is 16.7. The first kappa shape index (κ1) is 7.92. The van der Waals surface area contributed by atoms with Crippen molar-refractivity contribution < 1.29 is 4.84 Å². The molecule has 0 atom stereocenters. The van der Waals surface area contributed by atoms with Crippen molar-refractivity contribution in [1.29, 1.82) is 0 Å². The summed E-state index contributed by atoms with van der Waals surface area (Å²) in [7, 11) is 0. The molecular weight excluding hydrogens is 162 g/mol. The first-order valence-corrected chi connectivity index (χ1v) is 4.22. The standard InChI is InChI=1S/C11H11NO/c1-2-9-13-12-8-7-10-5-3-4-6-11(10)12/h2-8H,1,9H2. The lowest BCUT2D eigenvalue weighted by Crippen LogP contribution is -2.09. The van der Waals surface area contributed by atoms with Gasteiger partial charge in [-0.05, 0) is 12.1 Å². The van der Waals surface area contributed by atoms with Crippen LogP contribution in [0.4, 0.5) is 0 Å². The second-order valence-corrected chi connectivity index (χ2v) is 2.78. The molecule has 0 N–H and O–H groups in total. The summed E-state index contributed by atoms with van der Waals surface area (Å²) >= 11 is 0. The number of para-hydroxylation sites is 1. The average Bonchev–Trinajstić information content (AvgIpc) is 2.58. The molecule has 0 fully saturated rings. The fourth-order valence-corrected chi connectivity index (χ4v) is 1.30. The van der Waals surface area contributed by atoms with Crippen molar-refractivity contribution in [2.24, 2.45) is 0 Å². The first-order chi connectivity index (χ1) is 6.42. The highest BCUT2D eigenvalue weighted by Crippen LogP contribution is 2.13. The van der Waals surface area contributed by atoms with Crippen LogP contribution in [0.15, 0.2) is 49.2 Å². The lowest BCUT2D eigenvalue weighted by Gasteiger charge is -2.04. The SMILES string of the molecule is C=CCOn1ccc2ccccc21. The van der Waals surface area contributed by atoms with Gasteiger partial charge in [0.25, 0.3) is 0 Å². The molecular formula is C11H11NO. The highest BCUT2D eigenvalue weighted by molar-refractivity contribution is 5.79. The largest absolute Gasteiger partial charge is 0.410 e. The molecule has 1 heterocycles. The van der Waals surface area contributed by atoms with Gasteiger partial charge >= 0.3 is 0 Å². The van der Waals surface area contributed by atoms with Gasteiger partial charge in [-0.25, -0.2) is 0 Å². The van der Waals surface area contributed by atoms with Gasteiger partial charge in [-0.1, -0.05) is 30.9 Å².